The fourth-order valence-corrected chi connectivity index (χ4v) is 5.18. The summed E-state index contributed by atoms with van der Waals surface area (Å²) in [7, 11) is 0. The molecule has 5 rings (SSSR count). The van der Waals surface area contributed by atoms with Crippen LogP contribution in [-0.4, -0.2) is 20.8 Å². The molecular weight excluding hydrogens is 484 g/mol. The van der Waals surface area contributed by atoms with Crippen molar-refractivity contribution >= 4 is 43.8 Å². The lowest BCUT2D eigenvalue weighted by molar-refractivity contribution is 0.0848. The first-order valence-corrected chi connectivity index (χ1v) is 11.7. The molecule has 168 valence electrons. The zero-order valence-electron chi connectivity index (χ0n) is 18.6. The number of carboxylic acid groups (broad SMARTS) is 1. The average molecular weight is 507 g/mol. The van der Waals surface area contributed by atoms with Crippen LogP contribution in [0.3, 0.4) is 0 Å². The van der Waals surface area contributed by atoms with Gasteiger partial charge in [-0.3, -0.25) is 4.79 Å². The van der Waals surface area contributed by atoms with Gasteiger partial charge in [-0.25, -0.2) is 9.78 Å². The number of halogens is 1. The van der Waals surface area contributed by atoms with Crippen LogP contribution in [0.2, 0.25) is 0 Å². The largest absolute Gasteiger partial charge is 0.506 e. The molecule has 4 aromatic rings. The zero-order valence-corrected chi connectivity index (χ0v) is 20.2. The molecule has 3 heterocycles. The standard InChI is InChI=1S/C26H23BrN2O4/c1-13(2)8-18-19-11-29-22(9-14(3)20(25(29)30)12-33-26(31)32)24(19)28-21-7-5-15-4-6-16(27)10-17(15)23(18)21/h4-7,9-10,13H,8,11-12H2,1-3H3,(H,31,32). The quantitative estimate of drug-likeness (QED) is 0.237. The minimum atomic E-state index is -1.40. The SMILES string of the molecule is Cc1cc2n(c(=O)c1COC(=O)O)Cc1c-2nc2ccc3ccc(Br)cc3c2c1CC(C)C. The second kappa shape index (κ2) is 7.99. The molecule has 0 saturated heterocycles. The topological polar surface area (TPSA) is 81.4 Å². The molecule has 0 saturated carbocycles. The number of aromatic nitrogens is 2. The van der Waals surface area contributed by atoms with E-state index in [1.165, 1.54) is 5.56 Å². The van der Waals surface area contributed by atoms with Gasteiger partial charge in [0.1, 0.15) is 6.61 Å². The lowest BCUT2D eigenvalue weighted by atomic mass is 9.91. The molecule has 0 unspecified atom stereocenters. The Morgan fingerprint density at radius 2 is 1.97 bits per heavy atom. The van der Waals surface area contributed by atoms with Crippen LogP contribution >= 0.6 is 15.9 Å². The Morgan fingerprint density at radius 1 is 1.21 bits per heavy atom. The van der Waals surface area contributed by atoms with E-state index in [-0.39, 0.29) is 12.2 Å². The molecule has 1 aliphatic heterocycles. The molecule has 0 aliphatic carbocycles. The van der Waals surface area contributed by atoms with Crippen LogP contribution in [0.25, 0.3) is 33.1 Å². The first-order valence-electron chi connectivity index (χ1n) is 10.9. The number of ether oxygens (including phenoxy) is 1. The number of nitrogens with zero attached hydrogens (tertiary/aromatic N) is 2. The fraction of sp³-hybridized carbons (Fsp3) is 0.269. The first-order chi connectivity index (χ1) is 15.7. The highest BCUT2D eigenvalue weighted by atomic mass is 79.9. The lowest BCUT2D eigenvalue weighted by Crippen LogP contribution is -2.25. The Bertz CT molecular complexity index is 1520. The molecule has 0 atom stereocenters. The minimum absolute atomic E-state index is 0.226. The van der Waals surface area contributed by atoms with E-state index in [1.54, 1.807) is 4.57 Å². The van der Waals surface area contributed by atoms with Crippen molar-refractivity contribution in [2.45, 2.75) is 40.3 Å². The van der Waals surface area contributed by atoms with Crippen molar-refractivity contribution in [3.63, 3.8) is 0 Å². The van der Waals surface area contributed by atoms with Gasteiger partial charge in [0.25, 0.3) is 5.56 Å². The second-order valence-electron chi connectivity index (χ2n) is 8.98. The van der Waals surface area contributed by atoms with Crippen molar-refractivity contribution in [2.24, 2.45) is 5.92 Å². The molecule has 6 nitrogen and oxygen atoms in total. The van der Waals surface area contributed by atoms with Crippen LogP contribution in [0.15, 0.2) is 45.7 Å². The van der Waals surface area contributed by atoms with Crippen LogP contribution in [0.1, 0.15) is 36.1 Å². The normalized spacial score (nSPS) is 12.4. The number of rotatable bonds is 4. The maximum absolute atomic E-state index is 13.3. The van der Waals surface area contributed by atoms with E-state index in [4.69, 9.17) is 14.8 Å². The third-order valence-electron chi connectivity index (χ3n) is 6.28. The summed E-state index contributed by atoms with van der Waals surface area (Å²) in [6.45, 7) is 6.35. The van der Waals surface area contributed by atoms with Crippen LogP contribution in [0, 0.1) is 12.8 Å². The summed E-state index contributed by atoms with van der Waals surface area (Å²) in [6, 6.07) is 12.3. The van der Waals surface area contributed by atoms with Crippen LogP contribution in [-0.2, 0) is 24.3 Å². The summed E-state index contributed by atoms with van der Waals surface area (Å²) in [6.07, 6.45) is -0.531. The van der Waals surface area contributed by atoms with E-state index in [1.807, 2.05) is 19.1 Å². The summed E-state index contributed by atoms with van der Waals surface area (Å²) in [4.78, 5) is 29.2. The highest BCUT2D eigenvalue weighted by molar-refractivity contribution is 9.10. The zero-order chi connectivity index (χ0) is 23.4. The number of aryl methyl sites for hydroxylation is 1. The smallest absolute Gasteiger partial charge is 0.450 e. The van der Waals surface area contributed by atoms with Crippen molar-refractivity contribution in [3.8, 4) is 11.4 Å². The van der Waals surface area contributed by atoms with Crippen molar-refractivity contribution in [2.75, 3.05) is 0 Å². The highest BCUT2D eigenvalue weighted by Crippen LogP contribution is 2.40. The van der Waals surface area contributed by atoms with Gasteiger partial charge in [0.15, 0.2) is 0 Å². The van der Waals surface area contributed by atoms with Gasteiger partial charge in [-0.05, 0) is 65.4 Å². The summed E-state index contributed by atoms with van der Waals surface area (Å²) in [5.74, 6) is 0.420. The predicted molar refractivity (Wildman–Crippen MR) is 132 cm³/mol. The molecule has 0 radical (unpaired) electrons. The Hall–Kier alpha value is -3.19. The van der Waals surface area contributed by atoms with Crippen LogP contribution < -0.4 is 5.56 Å². The summed E-state index contributed by atoms with van der Waals surface area (Å²) >= 11 is 3.61. The maximum Gasteiger partial charge on any atom is 0.506 e. The first kappa shape index (κ1) is 21.6. The van der Waals surface area contributed by atoms with E-state index in [2.05, 4.69) is 54.0 Å². The number of pyridine rings is 2. The average Bonchev–Trinajstić information content (AvgIpc) is 3.11. The molecule has 2 aromatic heterocycles. The fourth-order valence-electron chi connectivity index (χ4n) is 4.82. The maximum atomic E-state index is 13.3. The molecule has 2 aromatic carbocycles. The third-order valence-corrected chi connectivity index (χ3v) is 6.77. The summed E-state index contributed by atoms with van der Waals surface area (Å²) in [5, 5.41) is 12.3. The van der Waals surface area contributed by atoms with Gasteiger partial charge in [0.05, 0.1) is 29.0 Å². The van der Waals surface area contributed by atoms with E-state index >= 15 is 0 Å². The van der Waals surface area contributed by atoms with Crippen molar-refractivity contribution in [1.29, 1.82) is 0 Å². The van der Waals surface area contributed by atoms with E-state index in [9.17, 15) is 9.59 Å². The van der Waals surface area contributed by atoms with Gasteiger partial charge in [-0.15, -0.1) is 0 Å². The lowest BCUT2D eigenvalue weighted by Gasteiger charge is -2.16. The van der Waals surface area contributed by atoms with E-state index in [0.717, 1.165) is 49.5 Å². The van der Waals surface area contributed by atoms with Gasteiger partial charge in [-0.1, -0.05) is 41.9 Å². The highest BCUT2D eigenvalue weighted by Gasteiger charge is 2.28. The summed E-state index contributed by atoms with van der Waals surface area (Å²) < 4.78 is 7.42. The van der Waals surface area contributed by atoms with E-state index in [0.29, 0.717) is 23.6 Å². The van der Waals surface area contributed by atoms with Gasteiger partial charge in [0.2, 0.25) is 0 Å². The molecule has 0 spiro atoms. The van der Waals surface area contributed by atoms with E-state index < -0.39 is 6.16 Å². The second-order valence-corrected chi connectivity index (χ2v) is 9.89. The number of carbonyl (C=O) groups is 1. The Morgan fingerprint density at radius 3 is 2.70 bits per heavy atom. The number of hydrogen-bond acceptors (Lipinski definition) is 4. The molecule has 7 heteroatoms. The number of benzene rings is 2. The molecule has 1 N–H and O–H groups in total. The van der Waals surface area contributed by atoms with Crippen LogP contribution in [0.4, 0.5) is 4.79 Å². The molecule has 0 fully saturated rings. The van der Waals surface area contributed by atoms with Gasteiger partial charge >= 0.3 is 6.16 Å². The van der Waals surface area contributed by atoms with Crippen LogP contribution in [0.5, 0.6) is 0 Å². The molecule has 0 amide bonds. The number of hydrogen-bond donors (Lipinski definition) is 1. The Balaban J connectivity index is 1.79. The van der Waals surface area contributed by atoms with Gasteiger partial charge in [0, 0.05) is 15.4 Å². The van der Waals surface area contributed by atoms with Gasteiger partial charge < -0.3 is 14.4 Å². The Labute approximate surface area is 199 Å². The molecule has 33 heavy (non-hydrogen) atoms. The molecular formula is C26H23BrN2O4. The molecule has 1 aliphatic rings. The summed E-state index contributed by atoms with van der Waals surface area (Å²) in [5.41, 5.74) is 5.64. The Kier molecular flexibility index (Phi) is 5.24. The minimum Gasteiger partial charge on any atom is -0.450 e. The van der Waals surface area contributed by atoms with Crippen molar-refractivity contribution in [3.05, 3.63) is 73.5 Å². The monoisotopic (exact) mass is 506 g/mol. The predicted octanol–water partition coefficient (Wildman–Crippen LogP) is 6.04. The van der Waals surface area contributed by atoms with Crippen molar-refractivity contribution in [1.82, 2.24) is 9.55 Å². The third kappa shape index (κ3) is 3.60. The van der Waals surface area contributed by atoms with Crippen molar-refractivity contribution < 1.29 is 14.6 Å². The number of fused-ring (bicyclic) bond motifs is 6. The molecule has 0 bridgehead atoms. The van der Waals surface area contributed by atoms with Gasteiger partial charge in [-0.2, -0.15) is 0 Å².